The molecule has 0 saturated heterocycles. The molecule has 1 aromatic carbocycles. The number of pyridine rings is 1. The van der Waals surface area contributed by atoms with Gasteiger partial charge in [-0.05, 0) is 24.1 Å². The molecule has 0 aliphatic heterocycles. The Morgan fingerprint density at radius 2 is 1.86 bits per heavy atom. The zero-order valence-corrected chi connectivity index (χ0v) is 11.9. The first kappa shape index (κ1) is 15.5. The number of H-pyrrole nitrogens is 1. The SMILES string of the molecule is O=C(COC(=O)c1ccc[nH]c1=O)NCCc1ccccc1. The minimum absolute atomic E-state index is 0.125. The molecule has 114 valence electrons. The number of amides is 1. The van der Waals surface area contributed by atoms with Crippen molar-refractivity contribution in [2.75, 3.05) is 13.2 Å². The number of aromatic amines is 1. The average Bonchev–Trinajstić information content (AvgIpc) is 2.54. The molecule has 1 amide bonds. The topological polar surface area (TPSA) is 88.3 Å². The normalized spacial score (nSPS) is 10.0. The maximum Gasteiger partial charge on any atom is 0.344 e. The fraction of sp³-hybridized carbons (Fsp3) is 0.188. The standard InChI is InChI=1S/C16H16N2O4/c19-14(17-10-8-12-5-2-1-3-6-12)11-22-16(21)13-7-4-9-18-15(13)20/h1-7,9H,8,10-11H2,(H,17,19)(H,18,20). The number of carbonyl (C=O) groups excluding carboxylic acids is 2. The van der Waals surface area contributed by atoms with Crippen molar-refractivity contribution in [2.45, 2.75) is 6.42 Å². The third-order valence-electron chi connectivity index (χ3n) is 2.95. The van der Waals surface area contributed by atoms with E-state index >= 15 is 0 Å². The molecule has 1 heterocycles. The van der Waals surface area contributed by atoms with Crippen LogP contribution in [0, 0.1) is 0 Å². The van der Waals surface area contributed by atoms with Crippen molar-refractivity contribution in [1.82, 2.24) is 10.3 Å². The second kappa shape index (κ2) is 7.78. The Balaban J connectivity index is 1.73. The van der Waals surface area contributed by atoms with Gasteiger partial charge in [0.15, 0.2) is 6.61 Å². The molecule has 0 radical (unpaired) electrons. The number of carbonyl (C=O) groups is 2. The maximum absolute atomic E-state index is 11.6. The van der Waals surface area contributed by atoms with Crippen molar-refractivity contribution in [3.63, 3.8) is 0 Å². The number of aromatic nitrogens is 1. The lowest BCUT2D eigenvalue weighted by molar-refractivity contribution is -0.124. The Kier molecular flexibility index (Phi) is 5.48. The van der Waals surface area contributed by atoms with Crippen molar-refractivity contribution in [2.24, 2.45) is 0 Å². The Hall–Kier alpha value is -2.89. The number of esters is 1. The lowest BCUT2D eigenvalue weighted by Gasteiger charge is -2.06. The third kappa shape index (κ3) is 4.59. The van der Waals surface area contributed by atoms with E-state index in [1.165, 1.54) is 18.3 Å². The van der Waals surface area contributed by atoms with Crippen LogP contribution in [0.15, 0.2) is 53.5 Å². The number of ether oxygens (including phenoxy) is 1. The zero-order valence-electron chi connectivity index (χ0n) is 11.9. The summed E-state index contributed by atoms with van der Waals surface area (Å²) in [7, 11) is 0. The molecular formula is C16H16N2O4. The van der Waals surface area contributed by atoms with Crippen LogP contribution in [0.1, 0.15) is 15.9 Å². The van der Waals surface area contributed by atoms with Crippen LogP contribution in [0.5, 0.6) is 0 Å². The first-order valence-electron chi connectivity index (χ1n) is 6.82. The molecule has 2 rings (SSSR count). The van der Waals surface area contributed by atoms with Gasteiger partial charge in [0.2, 0.25) is 0 Å². The Morgan fingerprint density at radius 3 is 2.59 bits per heavy atom. The Labute approximate surface area is 127 Å². The van der Waals surface area contributed by atoms with Gasteiger partial charge in [-0.25, -0.2) is 4.79 Å². The van der Waals surface area contributed by atoms with Crippen molar-refractivity contribution >= 4 is 11.9 Å². The van der Waals surface area contributed by atoms with Crippen LogP contribution in [0.25, 0.3) is 0 Å². The van der Waals surface area contributed by atoms with Crippen LogP contribution < -0.4 is 10.9 Å². The molecule has 1 aromatic heterocycles. The highest BCUT2D eigenvalue weighted by molar-refractivity contribution is 5.90. The van der Waals surface area contributed by atoms with E-state index in [0.717, 1.165) is 5.56 Å². The van der Waals surface area contributed by atoms with E-state index < -0.39 is 24.0 Å². The summed E-state index contributed by atoms with van der Waals surface area (Å²) in [6.45, 7) is 0.0360. The molecule has 0 fully saturated rings. The molecular weight excluding hydrogens is 284 g/mol. The van der Waals surface area contributed by atoms with E-state index in [1.54, 1.807) is 0 Å². The number of hydrogen-bond acceptors (Lipinski definition) is 4. The van der Waals surface area contributed by atoms with Gasteiger partial charge in [-0.1, -0.05) is 30.3 Å². The summed E-state index contributed by atoms with van der Waals surface area (Å²) < 4.78 is 4.80. The van der Waals surface area contributed by atoms with E-state index in [4.69, 9.17) is 4.74 Å². The molecule has 2 aromatic rings. The molecule has 0 aliphatic carbocycles. The summed E-state index contributed by atoms with van der Waals surface area (Å²) in [4.78, 5) is 37.0. The van der Waals surface area contributed by atoms with Crippen LogP contribution in [-0.4, -0.2) is 30.0 Å². The summed E-state index contributed by atoms with van der Waals surface area (Å²) in [6, 6.07) is 12.6. The van der Waals surface area contributed by atoms with Gasteiger partial charge >= 0.3 is 5.97 Å². The molecule has 0 aliphatic rings. The average molecular weight is 300 g/mol. The first-order chi connectivity index (χ1) is 10.7. The number of hydrogen-bond donors (Lipinski definition) is 2. The first-order valence-corrected chi connectivity index (χ1v) is 6.82. The molecule has 6 nitrogen and oxygen atoms in total. The van der Waals surface area contributed by atoms with Gasteiger partial charge in [-0.15, -0.1) is 0 Å². The van der Waals surface area contributed by atoms with E-state index in [9.17, 15) is 14.4 Å². The largest absolute Gasteiger partial charge is 0.452 e. The van der Waals surface area contributed by atoms with Gasteiger partial charge in [0.1, 0.15) is 5.56 Å². The zero-order chi connectivity index (χ0) is 15.8. The molecule has 2 N–H and O–H groups in total. The second-order valence-electron chi connectivity index (χ2n) is 4.57. The predicted molar refractivity (Wildman–Crippen MR) is 80.5 cm³/mol. The third-order valence-corrected chi connectivity index (χ3v) is 2.95. The van der Waals surface area contributed by atoms with Crippen LogP contribution in [0.4, 0.5) is 0 Å². The van der Waals surface area contributed by atoms with Crippen LogP contribution in [0.2, 0.25) is 0 Å². The minimum atomic E-state index is -0.819. The molecule has 0 saturated carbocycles. The summed E-state index contributed by atoms with van der Waals surface area (Å²) in [6.07, 6.45) is 2.11. The smallest absolute Gasteiger partial charge is 0.344 e. The monoisotopic (exact) mass is 300 g/mol. The number of rotatable bonds is 6. The van der Waals surface area contributed by atoms with E-state index in [2.05, 4.69) is 10.3 Å². The van der Waals surface area contributed by atoms with Gasteiger partial charge in [0.25, 0.3) is 11.5 Å². The van der Waals surface area contributed by atoms with Crippen molar-refractivity contribution in [3.8, 4) is 0 Å². The van der Waals surface area contributed by atoms with E-state index in [0.29, 0.717) is 13.0 Å². The van der Waals surface area contributed by atoms with E-state index in [1.807, 2.05) is 30.3 Å². The van der Waals surface area contributed by atoms with Crippen LogP contribution in [-0.2, 0) is 16.0 Å². The maximum atomic E-state index is 11.6. The highest BCUT2D eigenvalue weighted by Gasteiger charge is 2.12. The van der Waals surface area contributed by atoms with Gasteiger partial charge in [-0.3, -0.25) is 9.59 Å². The fourth-order valence-corrected chi connectivity index (χ4v) is 1.83. The molecule has 0 spiro atoms. The molecule has 6 heteroatoms. The van der Waals surface area contributed by atoms with Crippen LogP contribution >= 0.6 is 0 Å². The number of benzene rings is 1. The van der Waals surface area contributed by atoms with Gasteiger partial charge in [0.05, 0.1) is 0 Å². The van der Waals surface area contributed by atoms with Crippen LogP contribution in [0.3, 0.4) is 0 Å². The van der Waals surface area contributed by atoms with Gasteiger partial charge < -0.3 is 15.0 Å². The van der Waals surface area contributed by atoms with Crippen molar-refractivity contribution in [1.29, 1.82) is 0 Å². The predicted octanol–water partition coefficient (Wildman–Crippen LogP) is 0.891. The van der Waals surface area contributed by atoms with Crippen molar-refractivity contribution in [3.05, 3.63) is 70.1 Å². The molecule has 0 unspecified atom stereocenters. The molecule has 0 atom stereocenters. The van der Waals surface area contributed by atoms with Crippen molar-refractivity contribution < 1.29 is 14.3 Å². The summed E-state index contributed by atoms with van der Waals surface area (Å²) in [5, 5.41) is 2.65. The van der Waals surface area contributed by atoms with E-state index in [-0.39, 0.29) is 5.56 Å². The second-order valence-corrected chi connectivity index (χ2v) is 4.57. The van der Waals surface area contributed by atoms with Gasteiger partial charge in [-0.2, -0.15) is 0 Å². The molecule has 0 bridgehead atoms. The van der Waals surface area contributed by atoms with Gasteiger partial charge in [0, 0.05) is 12.7 Å². The lowest BCUT2D eigenvalue weighted by atomic mass is 10.1. The Morgan fingerprint density at radius 1 is 1.09 bits per heavy atom. The molecule has 22 heavy (non-hydrogen) atoms. The summed E-state index contributed by atoms with van der Waals surface area (Å²) >= 11 is 0. The summed E-state index contributed by atoms with van der Waals surface area (Å²) in [5.41, 5.74) is 0.437. The minimum Gasteiger partial charge on any atom is -0.452 e. The highest BCUT2D eigenvalue weighted by atomic mass is 16.5. The fourth-order valence-electron chi connectivity index (χ4n) is 1.83. The highest BCUT2D eigenvalue weighted by Crippen LogP contribution is 1.98. The summed E-state index contributed by atoms with van der Waals surface area (Å²) in [5.74, 6) is -1.23. The number of nitrogens with one attached hydrogen (secondary N) is 2. The quantitative estimate of drug-likeness (QED) is 0.776. The Bertz CT molecular complexity index is 695. The lowest BCUT2D eigenvalue weighted by Crippen LogP contribution is -2.31.